The number of ether oxygens (including phenoxy) is 1. The van der Waals surface area contributed by atoms with Crippen molar-refractivity contribution in [2.24, 2.45) is 5.41 Å². The van der Waals surface area contributed by atoms with Crippen LogP contribution < -0.4 is 0 Å². The Kier molecular flexibility index (Phi) is 7.95. The van der Waals surface area contributed by atoms with E-state index in [1.54, 1.807) is 7.11 Å². The summed E-state index contributed by atoms with van der Waals surface area (Å²) in [6.07, 6.45) is 13.3. The van der Waals surface area contributed by atoms with Crippen molar-refractivity contribution in [2.75, 3.05) is 13.7 Å². The van der Waals surface area contributed by atoms with Crippen LogP contribution in [0.3, 0.4) is 0 Å². The van der Waals surface area contributed by atoms with Gasteiger partial charge < -0.3 is 4.74 Å². The van der Waals surface area contributed by atoms with Crippen molar-refractivity contribution in [3.63, 3.8) is 0 Å². The van der Waals surface area contributed by atoms with Crippen molar-refractivity contribution in [1.82, 2.24) is 0 Å². The smallest absolute Gasteiger partial charge is 0.149 e. The number of unbranched alkanes of at least 4 members (excludes halogenated alkanes) is 5. The highest BCUT2D eigenvalue weighted by Crippen LogP contribution is 2.41. The van der Waals surface area contributed by atoms with Crippen molar-refractivity contribution in [3.05, 3.63) is 23.3 Å². The van der Waals surface area contributed by atoms with E-state index in [2.05, 4.69) is 32.9 Å². The van der Waals surface area contributed by atoms with Crippen LogP contribution in [0.2, 0.25) is 0 Å². The number of rotatable bonds is 10. The van der Waals surface area contributed by atoms with Gasteiger partial charge >= 0.3 is 0 Å². The molecule has 0 aromatic heterocycles. The van der Waals surface area contributed by atoms with E-state index in [0.717, 1.165) is 12.8 Å². The summed E-state index contributed by atoms with van der Waals surface area (Å²) < 4.78 is 5.40. The summed E-state index contributed by atoms with van der Waals surface area (Å²) in [5.41, 5.74) is 1.84. The Bertz CT molecular complexity index is 372. The van der Waals surface area contributed by atoms with E-state index in [0.29, 0.717) is 18.8 Å². The number of carbonyl (C=O) groups is 1. The molecule has 0 N–H and O–H groups in total. The summed E-state index contributed by atoms with van der Waals surface area (Å²) >= 11 is 0. The lowest BCUT2D eigenvalue weighted by Gasteiger charge is -2.36. The van der Waals surface area contributed by atoms with Gasteiger partial charge in [0, 0.05) is 13.5 Å². The van der Waals surface area contributed by atoms with Crippen LogP contribution in [0, 0.1) is 5.41 Å². The Labute approximate surface area is 130 Å². The normalized spacial score (nSPS) is 17.3. The summed E-state index contributed by atoms with van der Waals surface area (Å²) in [5.74, 6) is 0.335. The topological polar surface area (TPSA) is 26.3 Å². The average Bonchev–Trinajstić information content (AvgIpc) is 2.46. The molecule has 21 heavy (non-hydrogen) atoms. The van der Waals surface area contributed by atoms with E-state index in [9.17, 15) is 4.79 Å². The molecular weight excluding hydrogens is 260 g/mol. The van der Waals surface area contributed by atoms with Gasteiger partial charge in [0.2, 0.25) is 0 Å². The molecule has 0 fully saturated rings. The minimum Gasteiger partial charge on any atom is -0.383 e. The molecule has 2 nitrogen and oxygen atoms in total. The van der Waals surface area contributed by atoms with Gasteiger partial charge in [-0.3, -0.25) is 4.79 Å². The SMILES string of the molecule is CCCCCCCCC(=O)C1(COC)C(C)=CCC=C1C. The summed E-state index contributed by atoms with van der Waals surface area (Å²) in [7, 11) is 1.69. The maximum atomic E-state index is 12.9. The lowest BCUT2D eigenvalue weighted by Crippen LogP contribution is -2.39. The average molecular weight is 292 g/mol. The van der Waals surface area contributed by atoms with E-state index >= 15 is 0 Å². The van der Waals surface area contributed by atoms with Crippen LogP contribution >= 0.6 is 0 Å². The monoisotopic (exact) mass is 292 g/mol. The predicted molar refractivity (Wildman–Crippen MR) is 89.4 cm³/mol. The molecule has 120 valence electrons. The molecule has 0 saturated heterocycles. The highest BCUT2D eigenvalue weighted by Gasteiger charge is 2.41. The second-order valence-electron chi connectivity index (χ2n) is 6.29. The van der Waals surface area contributed by atoms with Crippen LogP contribution in [-0.4, -0.2) is 19.5 Å². The summed E-state index contributed by atoms with van der Waals surface area (Å²) in [6.45, 7) is 6.86. The molecule has 0 spiro atoms. The Morgan fingerprint density at radius 1 is 1.10 bits per heavy atom. The lowest BCUT2D eigenvalue weighted by molar-refractivity contribution is -0.127. The number of allylic oxidation sites excluding steroid dienone is 2. The summed E-state index contributed by atoms with van der Waals surface area (Å²) in [4.78, 5) is 12.9. The number of Topliss-reactive ketones (excluding diaryl/α,β-unsaturated/α-hetero) is 1. The van der Waals surface area contributed by atoms with Gasteiger partial charge in [0.25, 0.3) is 0 Å². The van der Waals surface area contributed by atoms with Crippen LogP contribution in [0.15, 0.2) is 23.3 Å². The van der Waals surface area contributed by atoms with Gasteiger partial charge in [-0.15, -0.1) is 0 Å². The predicted octanol–water partition coefficient (Wildman–Crippen LogP) is 5.24. The van der Waals surface area contributed by atoms with E-state index in [1.165, 1.54) is 43.3 Å². The third-order valence-corrected chi connectivity index (χ3v) is 4.79. The Hall–Kier alpha value is -0.890. The molecule has 1 aliphatic carbocycles. The van der Waals surface area contributed by atoms with E-state index < -0.39 is 5.41 Å². The quantitative estimate of drug-likeness (QED) is 0.407. The summed E-state index contributed by atoms with van der Waals surface area (Å²) in [5, 5.41) is 0. The molecule has 1 rings (SSSR count). The number of methoxy groups -OCH3 is 1. The molecule has 0 aliphatic heterocycles. The highest BCUT2D eigenvalue weighted by atomic mass is 16.5. The van der Waals surface area contributed by atoms with Crippen LogP contribution in [0.4, 0.5) is 0 Å². The van der Waals surface area contributed by atoms with E-state index in [1.807, 2.05) is 0 Å². The van der Waals surface area contributed by atoms with Crippen molar-refractivity contribution < 1.29 is 9.53 Å². The molecule has 0 radical (unpaired) electrons. The summed E-state index contributed by atoms with van der Waals surface area (Å²) in [6, 6.07) is 0. The zero-order valence-corrected chi connectivity index (χ0v) is 14.3. The van der Waals surface area contributed by atoms with Gasteiger partial charge in [0.1, 0.15) is 5.78 Å². The molecule has 0 aromatic rings. The van der Waals surface area contributed by atoms with Gasteiger partial charge in [-0.05, 0) is 26.7 Å². The third kappa shape index (κ3) is 4.54. The van der Waals surface area contributed by atoms with Crippen molar-refractivity contribution in [3.8, 4) is 0 Å². The van der Waals surface area contributed by atoms with E-state index in [4.69, 9.17) is 4.74 Å². The van der Waals surface area contributed by atoms with Crippen LogP contribution in [0.5, 0.6) is 0 Å². The molecule has 0 heterocycles. The molecule has 0 saturated carbocycles. The Morgan fingerprint density at radius 2 is 1.67 bits per heavy atom. The Balaban J connectivity index is 2.60. The minimum atomic E-state index is -0.490. The second kappa shape index (κ2) is 9.19. The number of hydrogen-bond donors (Lipinski definition) is 0. The largest absolute Gasteiger partial charge is 0.383 e. The zero-order valence-electron chi connectivity index (χ0n) is 14.3. The lowest BCUT2D eigenvalue weighted by atomic mass is 9.68. The number of ketones is 1. The molecule has 2 heteroatoms. The van der Waals surface area contributed by atoms with Crippen LogP contribution in [-0.2, 0) is 9.53 Å². The first-order chi connectivity index (χ1) is 10.1. The molecule has 0 unspecified atom stereocenters. The molecule has 0 atom stereocenters. The van der Waals surface area contributed by atoms with Crippen molar-refractivity contribution >= 4 is 5.78 Å². The maximum Gasteiger partial charge on any atom is 0.149 e. The van der Waals surface area contributed by atoms with Gasteiger partial charge in [0.15, 0.2) is 0 Å². The molecular formula is C19H32O2. The minimum absolute atomic E-state index is 0.335. The Morgan fingerprint density at radius 3 is 2.24 bits per heavy atom. The molecule has 0 bridgehead atoms. The van der Waals surface area contributed by atoms with Crippen molar-refractivity contribution in [2.45, 2.75) is 72.1 Å². The number of hydrogen-bond acceptors (Lipinski definition) is 2. The zero-order chi connectivity index (χ0) is 15.7. The first-order valence-electron chi connectivity index (χ1n) is 8.46. The van der Waals surface area contributed by atoms with Gasteiger partial charge in [0.05, 0.1) is 12.0 Å². The molecule has 1 aliphatic rings. The first-order valence-corrected chi connectivity index (χ1v) is 8.46. The van der Waals surface area contributed by atoms with Crippen molar-refractivity contribution in [1.29, 1.82) is 0 Å². The maximum absolute atomic E-state index is 12.9. The van der Waals surface area contributed by atoms with E-state index in [-0.39, 0.29) is 0 Å². The third-order valence-electron chi connectivity index (χ3n) is 4.79. The highest BCUT2D eigenvalue weighted by molar-refractivity contribution is 5.91. The molecule has 0 aromatic carbocycles. The van der Waals surface area contributed by atoms with Gasteiger partial charge in [-0.25, -0.2) is 0 Å². The molecule has 0 amide bonds. The first kappa shape index (κ1) is 18.2. The standard InChI is InChI=1S/C19H32O2/c1-5-6-7-8-9-10-14-18(20)19(15-21-4)16(2)12-11-13-17(19)3/h12-13H,5-11,14-15H2,1-4H3. The van der Waals surface area contributed by atoms with Crippen LogP contribution in [0.1, 0.15) is 72.1 Å². The fourth-order valence-corrected chi connectivity index (χ4v) is 3.32. The second-order valence-corrected chi connectivity index (χ2v) is 6.29. The number of carbonyl (C=O) groups excluding carboxylic acids is 1. The van der Waals surface area contributed by atoms with Crippen LogP contribution in [0.25, 0.3) is 0 Å². The fraction of sp³-hybridized carbons (Fsp3) is 0.737. The van der Waals surface area contributed by atoms with Gasteiger partial charge in [-0.1, -0.05) is 62.3 Å². The fourth-order valence-electron chi connectivity index (χ4n) is 3.32. The van der Waals surface area contributed by atoms with Gasteiger partial charge in [-0.2, -0.15) is 0 Å².